The van der Waals surface area contributed by atoms with Crippen LogP contribution in [0.1, 0.15) is 49.1 Å². The molecule has 4 nitrogen and oxygen atoms in total. The molecule has 51 heavy (non-hydrogen) atoms. The minimum Gasteiger partial charge on any atom is -0.454 e. The molecule has 0 aliphatic heterocycles. The van der Waals surface area contributed by atoms with Crippen molar-refractivity contribution in [1.29, 1.82) is 0 Å². The van der Waals surface area contributed by atoms with E-state index in [0.717, 1.165) is 111 Å². The van der Waals surface area contributed by atoms with Gasteiger partial charge in [0.15, 0.2) is 11.4 Å². The van der Waals surface area contributed by atoms with E-state index in [4.69, 9.17) is 19.4 Å². The van der Waals surface area contributed by atoms with Crippen molar-refractivity contribution in [2.24, 2.45) is 0 Å². The number of benzene rings is 4. The Labute approximate surface area is 296 Å². The van der Waals surface area contributed by atoms with Crippen LogP contribution in [-0.2, 0) is 6.42 Å². The monoisotopic (exact) mass is 657 g/mol. The van der Waals surface area contributed by atoms with Crippen molar-refractivity contribution < 1.29 is 4.42 Å². The Kier molecular flexibility index (Phi) is 7.19. The van der Waals surface area contributed by atoms with Crippen LogP contribution < -0.4 is 10.6 Å². The fourth-order valence-electron chi connectivity index (χ4n) is 7.81. The summed E-state index contributed by atoms with van der Waals surface area (Å²) in [6, 6.07) is 34.3. The lowest BCUT2D eigenvalue weighted by molar-refractivity contribution is 0.572. The van der Waals surface area contributed by atoms with Crippen LogP contribution in [0.2, 0.25) is 0 Å². The number of rotatable bonds is 5. The second-order valence-electron chi connectivity index (χ2n) is 13.6. The van der Waals surface area contributed by atoms with Crippen molar-refractivity contribution in [3.63, 3.8) is 0 Å². The van der Waals surface area contributed by atoms with Gasteiger partial charge >= 0.3 is 0 Å². The maximum atomic E-state index is 6.64. The van der Waals surface area contributed by atoms with Gasteiger partial charge in [-0.05, 0) is 79.0 Å². The van der Waals surface area contributed by atoms with Crippen molar-refractivity contribution in [2.45, 2.75) is 38.5 Å². The number of aryl methyl sites for hydroxylation is 1. The Hall–Kier alpha value is -6.13. The number of furan rings is 1. The summed E-state index contributed by atoms with van der Waals surface area (Å²) < 4.78 is 6.64. The predicted molar refractivity (Wildman–Crippen MR) is 210 cm³/mol. The maximum Gasteiger partial charge on any atom is 0.162 e. The van der Waals surface area contributed by atoms with Crippen molar-refractivity contribution in [1.82, 2.24) is 15.0 Å². The van der Waals surface area contributed by atoms with Crippen molar-refractivity contribution in [3.05, 3.63) is 149 Å². The highest BCUT2D eigenvalue weighted by Gasteiger charge is 2.21. The molecule has 3 heterocycles. The number of fused-ring (bicyclic) bond motifs is 7. The Bertz CT molecular complexity index is 2710. The average molecular weight is 658 g/mol. The largest absolute Gasteiger partial charge is 0.454 e. The number of pyridine rings is 1. The summed E-state index contributed by atoms with van der Waals surface area (Å²) in [5, 5.41) is 3.63. The molecule has 244 valence electrons. The fourth-order valence-corrected chi connectivity index (χ4v) is 7.81. The predicted octanol–water partition coefficient (Wildman–Crippen LogP) is 10.5. The molecule has 3 aliphatic carbocycles. The average Bonchev–Trinajstić information content (AvgIpc) is 3.61. The molecule has 0 amide bonds. The number of hydrogen-bond donors (Lipinski definition) is 0. The standard InChI is InChI=1S/C47H35N3O/c1-3-12-33(13-4-1)40-29-41(50-47(49-40)36-14-5-2-6-15-36)34-23-19-30(20-24-34)31-21-25-35(26-22-31)45-46-44(38-17-9-10-18-42(38)51-46)43-37-16-8-7-11-32(37)27-28-39(43)48-45/h1,3-5,8,12-29H,2,6-7,9-11H2. The van der Waals surface area contributed by atoms with Crippen LogP contribution in [0.4, 0.5) is 0 Å². The molecule has 3 aromatic heterocycles. The van der Waals surface area contributed by atoms with E-state index in [1.165, 1.54) is 27.1 Å². The lowest BCUT2D eigenvalue weighted by atomic mass is 9.91. The van der Waals surface area contributed by atoms with Gasteiger partial charge < -0.3 is 4.42 Å². The van der Waals surface area contributed by atoms with Crippen LogP contribution >= 0.6 is 0 Å². The third-order valence-corrected chi connectivity index (χ3v) is 10.4. The molecule has 7 aromatic rings. The van der Waals surface area contributed by atoms with Gasteiger partial charge in [-0.3, -0.25) is 0 Å². The molecular weight excluding hydrogens is 623 g/mol. The Morgan fingerprint density at radius 1 is 0.529 bits per heavy atom. The van der Waals surface area contributed by atoms with Crippen LogP contribution in [-0.4, -0.2) is 15.0 Å². The SMILES string of the molecule is C1=CC(c2nc(-c3ccccc3)cc(-c3ccc(-c4ccc(-c5nc6ccc7c(c6c6c8c(oc56)=CCCC=8)C=CCC7)cc4)cc3)n2)=CCC1. The molecule has 0 spiro atoms. The first-order valence-corrected chi connectivity index (χ1v) is 18.0. The molecule has 0 N–H and O–H groups in total. The van der Waals surface area contributed by atoms with Crippen molar-refractivity contribution >= 4 is 45.7 Å². The van der Waals surface area contributed by atoms with E-state index in [9.17, 15) is 0 Å². The van der Waals surface area contributed by atoms with E-state index >= 15 is 0 Å². The lowest BCUT2D eigenvalue weighted by Gasteiger charge is -2.15. The molecule has 0 unspecified atom stereocenters. The molecule has 0 saturated carbocycles. The fraction of sp³-hybridized carbons (Fsp3) is 0.128. The van der Waals surface area contributed by atoms with Gasteiger partial charge in [-0.25, -0.2) is 15.0 Å². The van der Waals surface area contributed by atoms with Crippen LogP contribution in [0, 0.1) is 0 Å². The number of aromatic nitrogens is 3. The van der Waals surface area contributed by atoms with Gasteiger partial charge in [-0.2, -0.15) is 0 Å². The summed E-state index contributed by atoms with van der Waals surface area (Å²) in [6.07, 6.45) is 22.0. The zero-order valence-corrected chi connectivity index (χ0v) is 28.3. The van der Waals surface area contributed by atoms with E-state index in [-0.39, 0.29) is 0 Å². The van der Waals surface area contributed by atoms with Gasteiger partial charge in [-0.15, -0.1) is 0 Å². The number of nitrogens with zero attached hydrogens (tertiary/aromatic N) is 3. The summed E-state index contributed by atoms with van der Waals surface area (Å²) in [7, 11) is 0. The summed E-state index contributed by atoms with van der Waals surface area (Å²) in [4.78, 5) is 15.3. The summed E-state index contributed by atoms with van der Waals surface area (Å²) in [6.45, 7) is 0. The van der Waals surface area contributed by atoms with Crippen molar-refractivity contribution in [3.8, 4) is 44.9 Å². The van der Waals surface area contributed by atoms with Gasteiger partial charge in [0.2, 0.25) is 0 Å². The topological polar surface area (TPSA) is 51.8 Å². The van der Waals surface area contributed by atoms with Crippen LogP contribution in [0.15, 0.2) is 126 Å². The van der Waals surface area contributed by atoms with Crippen LogP contribution in [0.25, 0.3) is 90.6 Å². The summed E-state index contributed by atoms with van der Waals surface area (Å²) in [5.74, 6) is 0.767. The van der Waals surface area contributed by atoms with Gasteiger partial charge in [0.05, 0.1) is 16.9 Å². The van der Waals surface area contributed by atoms with Crippen molar-refractivity contribution in [2.75, 3.05) is 0 Å². The van der Waals surface area contributed by atoms with Gasteiger partial charge in [0, 0.05) is 38.3 Å². The third-order valence-electron chi connectivity index (χ3n) is 10.4. The summed E-state index contributed by atoms with van der Waals surface area (Å²) >= 11 is 0. The van der Waals surface area contributed by atoms with Gasteiger partial charge in [0.25, 0.3) is 0 Å². The lowest BCUT2D eigenvalue weighted by Crippen LogP contribution is -2.22. The Morgan fingerprint density at radius 3 is 1.98 bits per heavy atom. The molecule has 4 aromatic carbocycles. The zero-order valence-electron chi connectivity index (χ0n) is 28.3. The second-order valence-corrected chi connectivity index (χ2v) is 13.6. The molecule has 10 rings (SSSR count). The molecule has 0 bridgehead atoms. The zero-order chi connectivity index (χ0) is 33.7. The van der Waals surface area contributed by atoms with Crippen LogP contribution in [0.5, 0.6) is 0 Å². The second kappa shape index (κ2) is 12.3. The van der Waals surface area contributed by atoms with Gasteiger partial charge in [-0.1, -0.05) is 121 Å². The van der Waals surface area contributed by atoms with E-state index in [1.807, 2.05) is 6.07 Å². The van der Waals surface area contributed by atoms with E-state index in [2.05, 4.69) is 134 Å². The molecule has 0 saturated heterocycles. The number of hydrogen-bond acceptors (Lipinski definition) is 4. The third kappa shape index (κ3) is 5.26. The molecular formula is C47H35N3O. The smallest absolute Gasteiger partial charge is 0.162 e. The minimum absolute atomic E-state index is 0.767. The molecule has 4 heteroatoms. The maximum absolute atomic E-state index is 6.64. The highest BCUT2D eigenvalue weighted by molar-refractivity contribution is 6.13. The normalized spacial score (nSPS) is 14.9. The highest BCUT2D eigenvalue weighted by Crippen LogP contribution is 2.37. The van der Waals surface area contributed by atoms with E-state index < -0.39 is 0 Å². The van der Waals surface area contributed by atoms with E-state index in [0.29, 0.717) is 0 Å². The highest BCUT2D eigenvalue weighted by atomic mass is 16.3. The molecule has 0 atom stereocenters. The first kappa shape index (κ1) is 29.8. The Morgan fingerprint density at radius 2 is 1.22 bits per heavy atom. The minimum atomic E-state index is 0.767. The van der Waals surface area contributed by atoms with Crippen LogP contribution in [0.3, 0.4) is 0 Å². The first-order chi connectivity index (χ1) is 25.3. The van der Waals surface area contributed by atoms with Gasteiger partial charge in [0.1, 0.15) is 11.1 Å². The Balaban J connectivity index is 1.02. The molecule has 0 fully saturated rings. The quantitative estimate of drug-likeness (QED) is 0.185. The molecule has 3 aliphatic rings. The summed E-state index contributed by atoms with van der Waals surface area (Å²) in [5.41, 5.74) is 14.9. The van der Waals surface area contributed by atoms with E-state index in [1.54, 1.807) is 0 Å². The number of allylic oxidation sites excluding steroid dienone is 5. The first-order valence-electron chi connectivity index (χ1n) is 18.0. The molecule has 0 radical (unpaired) electrons.